The van der Waals surface area contributed by atoms with Gasteiger partial charge in [-0.25, -0.2) is 4.39 Å². The maximum Gasteiger partial charge on any atom is 0.222 e. The summed E-state index contributed by atoms with van der Waals surface area (Å²) in [6.07, 6.45) is 0. The van der Waals surface area contributed by atoms with E-state index in [1.807, 2.05) is 48.3 Å². The molecule has 0 aliphatic carbocycles. The van der Waals surface area contributed by atoms with E-state index in [1.165, 1.54) is 6.07 Å². The van der Waals surface area contributed by atoms with Crippen LogP contribution in [-0.4, -0.2) is 7.05 Å². The molecule has 0 aliphatic rings. The summed E-state index contributed by atoms with van der Waals surface area (Å²) < 4.78 is 13.5. The van der Waals surface area contributed by atoms with Crippen molar-refractivity contribution in [1.29, 1.82) is 0 Å². The van der Waals surface area contributed by atoms with Crippen molar-refractivity contribution >= 4 is 11.4 Å². The zero-order valence-corrected chi connectivity index (χ0v) is 8.52. The number of hydrogen-bond donors (Lipinski definition) is 0. The maximum absolute atomic E-state index is 13.5. The van der Waals surface area contributed by atoms with Crippen molar-refractivity contribution in [2.75, 3.05) is 7.05 Å². The van der Waals surface area contributed by atoms with Crippen LogP contribution in [0.3, 0.4) is 0 Å². The highest BCUT2D eigenvalue weighted by Crippen LogP contribution is 2.24. The molecule has 2 aromatic rings. The fourth-order valence-electron chi connectivity index (χ4n) is 1.51. The van der Waals surface area contributed by atoms with Crippen molar-refractivity contribution in [3.05, 3.63) is 60.4 Å². The van der Waals surface area contributed by atoms with E-state index in [9.17, 15) is 4.39 Å². The lowest BCUT2D eigenvalue weighted by Crippen LogP contribution is -2.12. The van der Waals surface area contributed by atoms with Gasteiger partial charge in [0.15, 0.2) is 11.5 Å². The molecule has 0 amide bonds. The summed E-state index contributed by atoms with van der Waals surface area (Å²) in [5.41, 5.74) is 1.56. The van der Waals surface area contributed by atoms with Crippen molar-refractivity contribution in [3.8, 4) is 0 Å². The topological polar surface area (TPSA) is 5.90 Å². The highest BCUT2D eigenvalue weighted by atomic mass is 19.1. The summed E-state index contributed by atoms with van der Waals surface area (Å²) >= 11 is 0. The molecule has 0 atom stereocenters. The number of nitrogens with zero attached hydrogens (tertiary/aromatic N) is 1. The Hall–Kier alpha value is -1.67. The van der Waals surface area contributed by atoms with Crippen LogP contribution >= 0.6 is 0 Å². The van der Waals surface area contributed by atoms with Crippen LogP contribution in [0.5, 0.6) is 0 Å². The number of rotatable bonds is 2. The standard InChI is InChI=1S/C13H12FN/c1-15(11-7-3-2-4-8-11)13-10-6-5-9-12(13)14/h2-10H,1H3/q+1. The van der Waals surface area contributed by atoms with E-state index in [2.05, 4.69) is 0 Å². The van der Waals surface area contributed by atoms with E-state index in [0.717, 1.165) is 5.69 Å². The quantitative estimate of drug-likeness (QED) is 0.655. The molecule has 15 heavy (non-hydrogen) atoms. The van der Waals surface area contributed by atoms with Crippen LogP contribution in [0.2, 0.25) is 0 Å². The van der Waals surface area contributed by atoms with Crippen molar-refractivity contribution < 1.29 is 4.39 Å². The SMILES string of the molecule is C[N+](c1ccccc1)c1ccccc1F. The first-order valence-electron chi connectivity index (χ1n) is 4.82. The van der Waals surface area contributed by atoms with Crippen LogP contribution in [0.15, 0.2) is 54.6 Å². The van der Waals surface area contributed by atoms with E-state index in [-0.39, 0.29) is 5.82 Å². The molecule has 0 spiro atoms. The van der Waals surface area contributed by atoms with Gasteiger partial charge < -0.3 is 0 Å². The van der Waals surface area contributed by atoms with Gasteiger partial charge in [-0.3, -0.25) is 0 Å². The van der Waals surface area contributed by atoms with Crippen molar-refractivity contribution in [2.24, 2.45) is 0 Å². The molecule has 0 aromatic heterocycles. The number of halogens is 1. The number of benzene rings is 2. The normalized spacial score (nSPS) is 10.6. The molecule has 0 fully saturated rings. The fourth-order valence-corrected chi connectivity index (χ4v) is 1.51. The van der Waals surface area contributed by atoms with E-state index in [1.54, 1.807) is 12.1 Å². The average molecular weight is 201 g/mol. The second-order valence-corrected chi connectivity index (χ2v) is 3.35. The van der Waals surface area contributed by atoms with Crippen molar-refractivity contribution in [3.63, 3.8) is 0 Å². The minimum atomic E-state index is -0.205. The first-order valence-corrected chi connectivity index (χ1v) is 4.82. The van der Waals surface area contributed by atoms with Gasteiger partial charge in [0, 0.05) is 18.2 Å². The summed E-state index contributed by atoms with van der Waals surface area (Å²) in [6, 6.07) is 16.5. The number of anilines is 2. The van der Waals surface area contributed by atoms with Crippen LogP contribution in [0, 0.1) is 5.82 Å². The maximum atomic E-state index is 13.5. The van der Waals surface area contributed by atoms with Gasteiger partial charge in [0.05, 0.1) is 0 Å². The molecule has 0 unspecified atom stereocenters. The van der Waals surface area contributed by atoms with Crippen molar-refractivity contribution in [2.45, 2.75) is 0 Å². The molecular weight excluding hydrogens is 189 g/mol. The lowest BCUT2D eigenvalue weighted by Gasteiger charge is -2.05. The van der Waals surface area contributed by atoms with Gasteiger partial charge in [-0.05, 0) is 6.07 Å². The zero-order valence-electron chi connectivity index (χ0n) is 8.52. The van der Waals surface area contributed by atoms with Gasteiger partial charge in [-0.2, -0.15) is 0 Å². The molecule has 1 radical (unpaired) electrons. The molecule has 2 heteroatoms. The lowest BCUT2D eigenvalue weighted by atomic mass is 10.2. The molecule has 2 rings (SSSR count). The Kier molecular flexibility index (Phi) is 2.79. The minimum Gasteiger partial charge on any atom is -0.200 e. The summed E-state index contributed by atoms with van der Waals surface area (Å²) in [5.74, 6) is -0.205. The summed E-state index contributed by atoms with van der Waals surface area (Å²) in [5, 5.41) is 0. The third kappa shape index (κ3) is 2.05. The first-order chi connectivity index (χ1) is 7.29. The number of hydrogen-bond acceptors (Lipinski definition) is 1. The largest absolute Gasteiger partial charge is 0.222 e. The van der Waals surface area contributed by atoms with Gasteiger partial charge >= 0.3 is 0 Å². The van der Waals surface area contributed by atoms with Gasteiger partial charge in [0.1, 0.15) is 7.05 Å². The third-order valence-corrected chi connectivity index (χ3v) is 2.36. The van der Waals surface area contributed by atoms with Crippen LogP contribution in [0.1, 0.15) is 0 Å². The third-order valence-electron chi connectivity index (χ3n) is 2.36. The van der Waals surface area contributed by atoms with E-state index < -0.39 is 0 Å². The van der Waals surface area contributed by atoms with E-state index in [4.69, 9.17) is 0 Å². The smallest absolute Gasteiger partial charge is 0.200 e. The Morgan fingerprint density at radius 1 is 0.867 bits per heavy atom. The average Bonchev–Trinajstić information content (AvgIpc) is 2.30. The highest BCUT2D eigenvalue weighted by Gasteiger charge is 2.19. The molecule has 0 saturated carbocycles. The minimum absolute atomic E-state index is 0.205. The van der Waals surface area contributed by atoms with Gasteiger partial charge in [-0.1, -0.05) is 35.2 Å². The summed E-state index contributed by atoms with van der Waals surface area (Å²) in [6.45, 7) is 0. The molecule has 1 nitrogen and oxygen atoms in total. The summed E-state index contributed by atoms with van der Waals surface area (Å²) in [4.78, 5) is 1.83. The lowest BCUT2D eigenvalue weighted by molar-refractivity contribution is 0.608. The molecule has 0 N–H and O–H groups in total. The van der Waals surface area contributed by atoms with Crippen LogP contribution in [0.4, 0.5) is 15.8 Å². The Morgan fingerprint density at radius 2 is 1.47 bits per heavy atom. The molecule has 2 aromatic carbocycles. The fraction of sp³-hybridized carbons (Fsp3) is 0.0769. The molecule has 0 aliphatic heterocycles. The van der Waals surface area contributed by atoms with Crippen LogP contribution in [-0.2, 0) is 0 Å². The molecule has 0 bridgehead atoms. The Labute approximate surface area is 88.8 Å². The zero-order chi connectivity index (χ0) is 10.7. The first kappa shape index (κ1) is 9.87. The molecule has 75 valence electrons. The molecule has 0 saturated heterocycles. The summed E-state index contributed by atoms with van der Waals surface area (Å²) in [7, 11) is 1.85. The Balaban J connectivity index is 2.37. The molecular formula is C13H12FN+. The Bertz CT molecular complexity index is 439. The molecule has 0 heterocycles. The second-order valence-electron chi connectivity index (χ2n) is 3.35. The predicted molar refractivity (Wildman–Crippen MR) is 60.2 cm³/mol. The second kappa shape index (κ2) is 4.24. The van der Waals surface area contributed by atoms with Gasteiger partial charge in [0.2, 0.25) is 5.69 Å². The van der Waals surface area contributed by atoms with Crippen molar-refractivity contribution in [1.82, 2.24) is 4.90 Å². The van der Waals surface area contributed by atoms with Gasteiger partial charge in [-0.15, -0.1) is 0 Å². The predicted octanol–water partition coefficient (Wildman–Crippen LogP) is 3.56. The Morgan fingerprint density at radius 3 is 2.13 bits per heavy atom. The van der Waals surface area contributed by atoms with Gasteiger partial charge in [0.25, 0.3) is 0 Å². The van der Waals surface area contributed by atoms with Crippen LogP contribution < -0.4 is 4.90 Å². The van der Waals surface area contributed by atoms with E-state index >= 15 is 0 Å². The van der Waals surface area contributed by atoms with Crippen LogP contribution in [0.25, 0.3) is 0 Å². The monoisotopic (exact) mass is 201 g/mol. The highest BCUT2D eigenvalue weighted by molar-refractivity contribution is 5.52. The number of para-hydroxylation sites is 2. The van der Waals surface area contributed by atoms with E-state index in [0.29, 0.717) is 5.69 Å².